The van der Waals surface area contributed by atoms with Gasteiger partial charge in [-0.3, -0.25) is 0 Å². The predicted molar refractivity (Wildman–Crippen MR) is 50.9 cm³/mol. The van der Waals surface area contributed by atoms with Gasteiger partial charge in [-0.05, 0) is 22.6 Å². The van der Waals surface area contributed by atoms with Crippen LogP contribution in [0.3, 0.4) is 0 Å². The van der Waals surface area contributed by atoms with Gasteiger partial charge in [0, 0.05) is 0 Å². The topological polar surface area (TPSA) is 77.3 Å². The Bertz CT molecular complexity index is 202. The Labute approximate surface area is 81.7 Å². The SMILES string of the molecule is C=C.c1cnnnc1.c1cnnnc1. The Kier molecular flexibility index (Phi) is 9.04. The molecule has 0 amide bonds. The Morgan fingerprint density at radius 2 is 0.857 bits per heavy atom. The van der Waals surface area contributed by atoms with Crippen LogP contribution in [0.4, 0.5) is 0 Å². The molecule has 0 saturated carbocycles. The molecule has 0 aliphatic rings. The van der Waals surface area contributed by atoms with E-state index in [2.05, 4.69) is 44.0 Å². The second-order valence-corrected chi connectivity index (χ2v) is 1.62. The van der Waals surface area contributed by atoms with Gasteiger partial charge >= 0.3 is 0 Å². The van der Waals surface area contributed by atoms with Crippen molar-refractivity contribution in [3.05, 3.63) is 50.1 Å². The van der Waals surface area contributed by atoms with E-state index in [1.165, 1.54) is 0 Å². The largest absolute Gasteiger partial charge is 0.139 e. The number of hydrogen-bond donors (Lipinski definition) is 0. The van der Waals surface area contributed by atoms with Crippen molar-refractivity contribution in [1.29, 1.82) is 0 Å². The molecular weight excluding hydrogens is 180 g/mol. The zero-order valence-electron chi connectivity index (χ0n) is 7.56. The van der Waals surface area contributed by atoms with E-state index in [1.807, 2.05) is 0 Å². The van der Waals surface area contributed by atoms with Crippen molar-refractivity contribution in [3.63, 3.8) is 0 Å². The molecule has 2 aromatic heterocycles. The van der Waals surface area contributed by atoms with Gasteiger partial charge in [-0.15, -0.1) is 33.6 Å². The third-order valence-electron chi connectivity index (χ3n) is 0.817. The summed E-state index contributed by atoms with van der Waals surface area (Å²) in [6, 6.07) is 3.43. The molecular formula is C8H10N6. The van der Waals surface area contributed by atoms with E-state index in [4.69, 9.17) is 0 Å². The molecule has 0 aromatic carbocycles. The minimum Gasteiger partial charge on any atom is -0.139 e. The van der Waals surface area contributed by atoms with Gasteiger partial charge in [0.1, 0.15) is 0 Å². The average molecular weight is 190 g/mol. The number of aromatic nitrogens is 6. The average Bonchev–Trinajstić information content (AvgIpc) is 2.37. The van der Waals surface area contributed by atoms with Crippen molar-refractivity contribution < 1.29 is 0 Å². The highest BCUT2D eigenvalue weighted by molar-refractivity contribution is 4.70. The highest BCUT2D eigenvalue weighted by Gasteiger charge is 1.61. The summed E-state index contributed by atoms with van der Waals surface area (Å²) < 4.78 is 0. The maximum Gasteiger partial charge on any atom is 0.0529 e. The van der Waals surface area contributed by atoms with Crippen LogP contribution in [0.25, 0.3) is 0 Å². The summed E-state index contributed by atoms with van der Waals surface area (Å²) in [5.74, 6) is 0. The summed E-state index contributed by atoms with van der Waals surface area (Å²) in [5.41, 5.74) is 0. The molecule has 0 aliphatic heterocycles. The van der Waals surface area contributed by atoms with Crippen LogP contribution in [0.5, 0.6) is 0 Å². The van der Waals surface area contributed by atoms with Crippen molar-refractivity contribution in [2.24, 2.45) is 0 Å². The van der Waals surface area contributed by atoms with E-state index < -0.39 is 0 Å². The van der Waals surface area contributed by atoms with Crippen LogP contribution >= 0.6 is 0 Å². The van der Waals surface area contributed by atoms with Crippen molar-refractivity contribution in [2.75, 3.05) is 0 Å². The molecule has 0 atom stereocenters. The number of hydrogen-bond acceptors (Lipinski definition) is 6. The molecule has 0 spiro atoms. The van der Waals surface area contributed by atoms with Crippen LogP contribution in [0, 0.1) is 0 Å². The zero-order valence-corrected chi connectivity index (χ0v) is 7.56. The number of rotatable bonds is 0. The smallest absolute Gasteiger partial charge is 0.0529 e. The highest BCUT2D eigenvalue weighted by Crippen LogP contribution is 1.62. The fourth-order valence-corrected chi connectivity index (χ4v) is 0.410. The van der Waals surface area contributed by atoms with Gasteiger partial charge in [-0.2, -0.15) is 0 Å². The van der Waals surface area contributed by atoms with Gasteiger partial charge in [-0.1, -0.05) is 0 Å². The van der Waals surface area contributed by atoms with Crippen molar-refractivity contribution in [1.82, 2.24) is 30.8 Å². The summed E-state index contributed by atoms with van der Waals surface area (Å²) in [7, 11) is 0. The maximum absolute atomic E-state index is 3.42. The van der Waals surface area contributed by atoms with E-state index in [9.17, 15) is 0 Å². The van der Waals surface area contributed by atoms with Crippen LogP contribution in [0.1, 0.15) is 0 Å². The van der Waals surface area contributed by atoms with Gasteiger partial charge in [0.15, 0.2) is 0 Å². The predicted octanol–water partition coefficient (Wildman–Crippen LogP) is 0.545. The minimum atomic E-state index is 1.58. The Balaban J connectivity index is 0.000000206. The molecule has 0 N–H and O–H groups in total. The molecule has 2 aromatic rings. The molecule has 72 valence electrons. The minimum absolute atomic E-state index is 1.58. The fourth-order valence-electron chi connectivity index (χ4n) is 0.410. The third kappa shape index (κ3) is 7.86. The fraction of sp³-hybridized carbons (Fsp3) is 0. The molecule has 0 bridgehead atoms. The molecule has 2 heterocycles. The monoisotopic (exact) mass is 190 g/mol. The first-order valence-corrected chi connectivity index (χ1v) is 3.67. The lowest BCUT2D eigenvalue weighted by Gasteiger charge is -1.68. The van der Waals surface area contributed by atoms with Crippen LogP contribution in [-0.4, -0.2) is 30.8 Å². The van der Waals surface area contributed by atoms with E-state index in [-0.39, 0.29) is 0 Å². The van der Waals surface area contributed by atoms with E-state index in [0.717, 1.165) is 0 Å². The standard InChI is InChI=1S/2C3H3N3.C2H4/c2*1-2-4-6-5-3-1;1-2/h2*1-3H;1-2H2. The molecule has 2 rings (SSSR count). The molecule has 0 unspecified atom stereocenters. The van der Waals surface area contributed by atoms with Crippen LogP contribution in [0.15, 0.2) is 50.1 Å². The van der Waals surface area contributed by atoms with Gasteiger partial charge < -0.3 is 0 Å². The van der Waals surface area contributed by atoms with Gasteiger partial charge in [0.05, 0.1) is 24.8 Å². The number of nitrogens with zero attached hydrogens (tertiary/aromatic N) is 6. The molecule has 0 aliphatic carbocycles. The second-order valence-electron chi connectivity index (χ2n) is 1.62. The molecule has 6 nitrogen and oxygen atoms in total. The first-order valence-electron chi connectivity index (χ1n) is 3.67. The zero-order chi connectivity index (χ0) is 10.5. The molecule has 0 saturated heterocycles. The quantitative estimate of drug-likeness (QED) is 0.564. The van der Waals surface area contributed by atoms with Crippen LogP contribution in [-0.2, 0) is 0 Å². The van der Waals surface area contributed by atoms with Gasteiger partial charge in [-0.25, -0.2) is 0 Å². The van der Waals surface area contributed by atoms with E-state index in [1.54, 1.807) is 36.9 Å². The first-order chi connectivity index (χ1) is 7.00. The lowest BCUT2D eigenvalue weighted by Crippen LogP contribution is -1.78. The summed E-state index contributed by atoms with van der Waals surface area (Å²) in [6.07, 6.45) is 6.31. The summed E-state index contributed by atoms with van der Waals surface area (Å²) in [6.45, 7) is 6.00. The van der Waals surface area contributed by atoms with Gasteiger partial charge in [0.25, 0.3) is 0 Å². The van der Waals surface area contributed by atoms with Crippen molar-refractivity contribution >= 4 is 0 Å². The van der Waals surface area contributed by atoms with E-state index in [0.29, 0.717) is 0 Å². The molecule has 14 heavy (non-hydrogen) atoms. The van der Waals surface area contributed by atoms with Crippen molar-refractivity contribution in [3.8, 4) is 0 Å². The van der Waals surface area contributed by atoms with E-state index >= 15 is 0 Å². The summed E-state index contributed by atoms with van der Waals surface area (Å²) >= 11 is 0. The van der Waals surface area contributed by atoms with Crippen molar-refractivity contribution in [2.45, 2.75) is 0 Å². The summed E-state index contributed by atoms with van der Waals surface area (Å²) in [5, 5.41) is 20.3. The molecule has 6 heteroatoms. The lowest BCUT2D eigenvalue weighted by molar-refractivity contribution is 0.865. The van der Waals surface area contributed by atoms with Crippen LogP contribution in [0.2, 0.25) is 0 Å². The van der Waals surface area contributed by atoms with Crippen LogP contribution < -0.4 is 0 Å². The molecule has 0 radical (unpaired) electrons. The maximum atomic E-state index is 3.42. The Hall–Kier alpha value is -2.24. The first kappa shape index (κ1) is 11.8. The Morgan fingerprint density at radius 1 is 0.571 bits per heavy atom. The van der Waals surface area contributed by atoms with Gasteiger partial charge in [0.2, 0.25) is 0 Å². The Morgan fingerprint density at radius 3 is 0.929 bits per heavy atom. The summed E-state index contributed by atoms with van der Waals surface area (Å²) in [4.78, 5) is 0. The normalized spacial score (nSPS) is 7.14. The highest BCUT2D eigenvalue weighted by atomic mass is 15.3. The third-order valence-corrected chi connectivity index (χ3v) is 0.817. The second kappa shape index (κ2) is 10.8. The molecule has 0 fully saturated rings. The lowest BCUT2D eigenvalue weighted by atomic mass is 10.7.